The molecule has 4 rings (SSSR count). The standard InChI is InChI=1S/C15H19N3O4S2/c19-24(20,14-2-1-7-23-14)18-8-12(9-18)15-16-13(17-22-15)5-6-21-10-11-3-4-11/h1-2,7,11-12H,3-6,8-10H2. The molecule has 130 valence electrons. The van der Waals surface area contributed by atoms with Crippen molar-refractivity contribution in [3.8, 4) is 0 Å². The molecule has 1 aliphatic heterocycles. The van der Waals surface area contributed by atoms with Crippen LogP contribution in [0.15, 0.2) is 26.2 Å². The van der Waals surface area contributed by atoms with E-state index < -0.39 is 10.0 Å². The maximum absolute atomic E-state index is 12.3. The average molecular weight is 369 g/mol. The van der Waals surface area contributed by atoms with Gasteiger partial charge in [0.1, 0.15) is 4.21 Å². The molecular formula is C15H19N3O4S2. The molecule has 2 fully saturated rings. The van der Waals surface area contributed by atoms with Crippen LogP contribution in [-0.2, 0) is 21.2 Å². The van der Waals surface area contributed by atoms with E-state index in [1.165, 1.54) is 28.5 Å². The van der Waals surface area contributed by atoms with Crippen LogP contribution < -0.4 is 0 Å². The molecule has 0 radical (unpaired) electrons. The molecule has 1 saturated heterocycles. The second kappa shape index (κ2) is 6.55. The van der Waals surface area contributed by atoms with E-state index in [9.17, 15) is 8.42 Å². The zero-order valence-electron chi connectivity index (χ0n) is 13.1. The number of rotatable bonds is 8. The van der Waals surface area contributed by atoms with Crippen molar-refractivity contribution in [2.24, 2.45) is 5.92 Å². The smallest absolute Gasteiger partial charge is 0.252 e. The molecule has 0 aromatic carbocycles. The Hall–Kier alpha value is -1.29. The van der Waals surface area contributed by atoms with Crippen molar-refractivity contribution < 1.29 is 17.7 Å². The summed E-state index contributed by atoms with van der Waals surface area (Å²) in [6.45, 7) is 2.20. The summed E-state index contributed by atoms with van der Waals surface area (Å²) in [5, 5.41) is 5.72. The Morgan fingerprint density at radius 3 is 2.92 bits per heavy atom. The highest BCUT2D eigenvalue weighted by Crippen LogP contribution is 2.32. The minimum absolute atomic E-state index is 0.0200. The molecule has 24 heavy (non-hydrogen) atoms. The van der Waals surface area contributed by atoms with Crippen molar-refractivity contribution in [3.05, 3.63) is 29.2 Å². The third-order valence-corrected chi connectivity index (χ3v) is 7.50. The normalized spacial score (nSPS) is 19.5. The predicted octanol–water partition coefficient (Wildman–Crippen LogP) is 1.89. The van der Waals surface area contributed by atoms with Gasteiger partial charge in [0.25, 0.3) is 10.0 Å². The van der Waals surface area contributed by atoms with Gasteiger partial charge in [-0.25, -0.2) is 8.42 Å². The van der Waals surface area contributed by atoms with Crippen molar-refractivity contribution in [1.82, 2.24) is 14.4 Å². The molecule has 2 aliphatic rings. The van der Waals surface area contributed by atoms with Crippen LogP contribution in [-0.4, -0.2) is 49.2 Å². The Balaban J connectivity index is 1.27. The van der Waals surface area contributed by atoms with E-state index in [1.54, 1.807) is 17.5 Å². The second-order valence-corrected chi connectivity index (χ2v) is 9.38. The highest BCUT2D eigenvalue weighted by molar-refractivity contribution is 7.91. The van der Waals surface area contributed by atoms with Crippen LogP contribution in [0.1, 0.15) is 30.5 Å². The van der Waals surface area contributed by atoms with Gasteiger partial charge in [0.2, 0.25) is 5.89 Å². The molecule has 0 unspecified atom stereocenters. The van der Waals surface area contributed by atoms with Gasteiger partial charge >= 0.3 is 0 Å². The Morgan fingerprint density at radius 2 is 2.21 bits per heavy atom. The molecule has 2 aromatic heterocycles. The van der Waals surface area contributed by atoms with Gasteiger partial charge in [0, 0.05) is 26.1 Å². The first kappa shape index (κ1) is 16.2. The lowest BCUT2D eigenvalue weighted by Crippen LogP contribution is -2.48. The van der Waals surface area contributed by atoms with E-state index in [4.69, 9.17) is 9.26 Å². The third-order valence-electron chi connectivity index (χ3n) is 4.29. The monoisotopic (exact) mass is 369 g/mol. The Kier molecular flexibility index (Phi) is 4.42. The first-order valence-electron chi connectivity index (χ1n) is 8.07. The predicted molar refractivity (Wildman–Crippen MR) is 87.4 cm³/mol. The van der Waals surface area contributed by atoms with Crippen LogP contribution >= 0.6 is 11.3 Å². The molecule has 0 atom stereocenters. The van der Waals surface area contributed by atoms with Crippen LogP contribution in [0.5, 0.6) is 0 Å². The van der Waals surface area contributed by atoms with Gasteiger partial charge in [-0.05, 0) is 30.2 Å². The molecule has 0 N–H and O–H groups in total. The lowest BCUT2D eigenvalue weighted by molar-refractivity contribution is 0.125. The maximum Gasteiger partial charge on any atom is 0.252 e. The number of hydrogen-bond acceptors (Lipinski definition) is 7. The number of nitrogens with zero attached hydrogens (tertiary/aromatic N) is 3. The first-order chi connectivity index (χ1) is 11.6. The van der Waals surface area contributed by atoms with Crippen molar-refractivity contribution in [2.75, 3.05) is 26.3 Å². The molecule has 1 aliphatic carbocycles. The van der Waals surface area contributed by atoms with E-state index in [0.29, 0.717) is 42.0 Å². The average Bonchev–Trinajstić information content (AvgIpc) is 3.00. The fraction of sp³-hybridized carbons (Fsp3) is 0.600. The summed E-state index contributed by atoms with van der Waals surface area (Å²) in [5.74, 6) is 1.87. The van der Waals surface area contributed by atoms with E-state index in [-0.39, 0.29) is 5.92 Å². The van der Waals surface area contributed by atoms with Crippen LogP contribution in [0.2, 0.25) is 0 Å². The summed E-state index contributed by atoms with van der Waals surface area (Å²) in [6.07, 6.45) is 3.18. The molecule has 0 amide bonds. The molecule has 2 aromatic rings. The van der Waals surface area contributed by atoms with Crippen molar-refractivity contribution >= 4 is 21.4 Å². The number of sulfonamides is 1. The largest absolute Gasteiger partial charge is 0.381 e. The van der Waals surface area contributed by atoms with Gasteiger partial charge < -0.3 is 9.26 Å². The zero-order valence-corrected chi connectivity index (χ0v) is 14.8. The molecule has 9 heteroatoms. The van der Waals surface area contributed by atoms with Gasteiger partial charge in [-0.3, -0.25) is 0 Å². The lowest BCUT2D eigenvalue weighted by Gasteiger charge is -2.35. The molecule has 7 nitrogen and oxygen atoms in total. The van der Waals surface area contributed by atoms with Crippen LogP contribution in [0.25, 0.3) is 0 Å². The Labute approximate surface area is 144 Å². The molecule has 0 spiro atoms. The number of hydrogen-bond donors (Lipinski definition) is 0. The van der Waals surface area contributed by atoms with E-state index in [1.807, 2.05) is 0 Å². The van der Waals surface area contributed by atoms with Gasteiger partial charge in [0.15, 0.2) is 5.82 Å². The van der Waals surface area contributed by atoms with E-state index in [2.05, 4.69) is 10.1 Å². The highest BCUT2D eigenvalue weighted by Gasteiger charge is 2.40. The van der Waals surface area contributed by atoms with Crippen molar-refractivity contribution in [2.45, 2.75) is 29.4 Å². The first-order valence-corrected chi connectivity index (χ1v) is 10.4. The summed E-state index contributed by atoms with van der Waals surface area (Å²) < 4.78 is 37.4. The number of thiophene rings is 1. The summed E-state index contributed by atoms with van der Waals surface area (Å²) in [4.78, 5) is 4.37. The maximum atomic E-state index is 12.3. The van der Waals surface area contributed by atoms with Gasteiger partial charge in [-0.1, -0.05) is 11.2 Å². The Morgan fingerprint density at radius 1 is 1.38 bits per heavy atom. The van der Waals surface area contributed by atoms with Crippen LogP contribution in [0.3, 0.4) is 0 Å². The SMILES string of the molecule is O=S(=O)(c1cccs1)N1CC(c2nc(CCOCC3CC3)no2)C1. The fourth-order valence-corrected chi connectivity index (χ4v) is 5.24. The van der Waals surface area contributed by atoms with Crippen molar-refractivity contribution in [1.29, 1.82) is 0 Å². The summed E-state index contributed by atoms with van der Waals surface area (Å²) in [5.41, 5.74) is 0. The Bertz CT molecular complexity index is 778. The van der Waals surface area contributed by atoms with E-state index >= 15 is 0 Å². The van der Waals surface area contributed by atoms with Crippen molar-refractivity contribution in [3.63, 3.8) is 0 Å². The van der Waals surface area contributed by atoms with Crippen LogP contribution in [0.4, 0.5) is 0 Å². The minimum Gasteiger partial charge on any atom is -0.381 e. The zero-order chi connectivity index (χ0) is 16.6. The summed E-state index contributed by atoms with van der Waals surface area (Å²) in [7, 11) is -3.37. The van der Waals surface area contributed by atoms with Gasteiger partial charge in [-0.15, -0.1) is 11.3 Å². The molecule has 3 heterocycles. The minimum atomic E-state index is -3.37. The topological polar surface area (TPSA) is 85.5 Å². The number of aromatic nitrogens is 2. The van der Waals surface area contributed by atoms with Gasteiger partial charge in [0.05, 0.1) is 12.5 Å². The molecule has 1 saturated carbocycles. The fourth-order valence-electron chi connectivity index (χ4n) is 2.56. The van der Waals surface area contributed by atoms with Gasteiger partial charge in [-0.2, -0.15) is 9.29 Å². The van der Waals surface area contributed by atoms with E-state index in [0.717, 1.165) is 12.5 Å². The van der Waals surface area contributed by atoms with Crippen LogP contribution in [0, 0.1) is 5.92 Å². The number of ether oxygens (including phenoxy) is 1. The molecule has 0 bridgehead atoms. The quantitative estimate of drug-likeness (QED) is 0.661. The lowest BCUT2D eigenvalue weighted by atomic mass is 10.0. The highest BCUT2D eigenvalue weighted by atomic mass is 32.2. The second-order valence-electron chi connectivity index (χ2n) is 6.27. The summed E-state index contributed by atoms with van der Waals surface area (Å²) >= 11 is 1.23. The third kappa shape index (κ3) is 3.39. The summed E-state index contributed by atoms with van der Waals surface area (Å²) in [6, 6.07) is 3.37. The molecular weight excluding hydrogens is 350 g/mol.